The summed E-state index contributed by atoms with van der Waals surface area (Å²) in [5.74, 6) is 0.159. The van der Waals surface area contributed by atoms with Crippen LogP contribution in [-0.4, -0.2) is 40.9 Å². The van der Waals surface area contributed by atoms with Gasteiger partial charge in [0, 0.05) is 6.54 Å². The number of hydrogen-bond acceptors (Lipinski definition) is 3. The molecule has 1 amide bonds. The van der Waals surface area contributed by atoms with Crippen molar-refractivity contribution in [2.75, 3.05) is 13.2 Å². The zero-order valence-electron chi connectivity index (χ0n) is 10.4. The minimum absolute atomic E-state index is 0.0370. The fourth-order valence-corrected chi connectivity index (χ4v) is 1.73. The van der Waals surface area contributed by atoms with Crippen LogP contribution in [0.15, 0.2) is 12.2 Å². The summed E-state index contributed by atoms with van der Waals surface area (Å²) in [5, 5.41) is 9.30. The molecule has 0 saturated carbocycles. The van der Waals surface area contributed by atoms with E-state index in [0.717, 1.165) is 0 Å². The molecule has 2 atom stereocenters. The van der Waals surface area contributed by atoms with Crippen molar-refractivity contribution in [3.05, 3.63) is 12.2 Å². The van der Waals surface area contributed by atoms with E-state index in [0.29, 0.717) is 6.54 Å². The lowest BCUT2D eigenvalue weighted by Gasteiger charge is -2.36. The van der Waals surface area contributed by atoms with Gasteiger partial charge in [0.25, 0.3) is 0 Å². The zero-order valence-corrected chi connectivity index (χ0v) is 10.4. The monoisotopic (exact) mass is 227 g/mol. The molecule has 0 fully saturated rings. The van der Waals surface area contributed by atoms with Crippen LogP contribution in [0.1, 0.15) is 27.7 Å². The predicted octanol–water partition coefficient (Wildman–Crippen LogP) is 1.79. The first kappa shape index (κ1) is 13.0. The van der Waals surface area contributed by atoms with Crippen LogP contribution in [-0.2, 0) is 4.74 Å². The van der Waals surface area contributed by atoms with Crippen molar-refractivity contribution in [3.63, 3.8) is 0 Å². The molecular formula is C12H21NO3. The summed E-state index contributed by atoms with van der Waals surface area (Å²) in [5.41, 5.74) is -0.499. The molecule has 0 spiro atoms. The van der Waals surface area contributed by atoms with Crippen molar-refractivity contribution in [2.45, 2.75) is 39.3 Å². The smallest absolute Gasteiger partial charge is 0.410 e. The van der Waals surface area contributed by atoms with Crippen LogP contribution in [0.4, 0.5) is 4.79 Å². The van der Waals surface area contributed by atoms with E-state index >= 15 is 0 Å². The van der Waals surface area contributed by atoms with Crippen LogP contribution in [0, 0.1) is 5.92 Å². The zero-order chi connectivity index (χ0) is 12.3. The molecule has 0 aliphatic carbocycles. The molecule has 0 aromatic carbocycles. The number of amides is 1. The van der Waals surface area contributed by atoms with Crippen LogP contribution in [0.25, 0.3) is 0 Å². The fourth-order valence-electron chi connectivity index (χ4n) is 1.73. The Balaban J connectivity index is 2.71. The lowest BCUT2D eigenvalue weighted by Crippen LogP contribution is -2.49. The molecule has 0 aromatic rings. The standard InChI is InChI=1S/C12H21NO3/c1-9-6-5-7-13(10(9)8-14)11(15)16-12(2,3)4/h5-6,9-10,14H,7-8H2,1-4H3. The highest BCUT2D eigenvalue weighted by Gasteiger charge is 2.31. The molecule has 1 heterocycles. The molecule has 92 valence electrons. The van der Waals surface area contributed by atoms with Crippen molar-refractivity contribution < 1.29 is 14.6 Å². The molecule has 0 saturated heterocycles. The Labute approximate surface area is 96.9 Å². The van der Waals surface area contributed by atoms with E-state index in [9.17, 15) is 9.90 Å². The number of aliphatic hydroxyl groups excluding tert-OH is 1. The molecule has 0 bridgehead atoms. The lowest BCUT2D eigenvalue weighted by molar-refractivity contribution is 0.00569. The van der Waals surface area contributed by atoms with E-state index in [1.54, 1.807) is 4.90 Å². The summed E-state index contributed by atoms with van der Waals surface area (Å²) in [7, 11) is 0. The van der Waals surface area contributed by atoms with E-state index in [1.165, 1.54) is 0 Å². The molecule has 4 heteroatoms. The summed E-state index contributed by atoms with van der Waals surface area (Å²) in [6, 6.07) is -0.181. The second-order valence-corrected chi connectivity index (χ2v) is 5.17. The lowest BCUT2D eigenvalue weighted by atomic mass is 9.97. The van der Waals surface area contributed by atoms with Gasteiger partial charge in [0.2, 0.25) is 0 Å². The van der Waals surface area contributed by atoms with E-state index < -0.39 is 5.60 Å². The quantitative estimate of drug-likeness (QED) is 0.695. The van der Waals surface area contributed by atoms with E-state index in [-0.39, 0.29) is 24.7 Å². The summed E-state index contributed by atoms with van der Waals surface area (Å²) >= 11 is 0. The average Bonchev–Trinajstić information content (AvgIpc) is 2.14. The summed E-state index contributed by atoms with van der Waals surface area (Å²) in [6.45, 7) is 7.95. The van der Waals surface area contributed by atoms with Gasteiger partial charge in [0.05, 0.1) is 12.6 Å². The molecule has 16 heavy (non-hydrogen) atoms. The Bertz CT molecular complexity index is 280. The third-order valence-corrected chi connectivity index (χ3v) is 2.56. The molecule has 1 aliphatic rings. The molecule has 0 radical (unpaired) electrons. The first-order chi connectivity index (χ1) is 7.35. The number of carbonyl (C=O) groups is 1. The predicted molar refractivity (Wildman–Crippen MR) is 62.1 cm³/mol. The molecular weight excluding hydrogens is 206 g/mol. The minimum atomic E-state index is -0.499. The van der Waals surface area contributed by atoms with Gasteiger partial charge in [-0.05, 0) is 26.7 Å². The Morgan fingerprint density at radius 2 is 2.19 bits per heavy atom. The first-order valence-corrected chi connectivity index (χ1v) is 5.62. The van der Waals surface area contributed by atoms with Crippen molar-refractivity contribution in [1.29, 1.82) is 0 Å². The normalized spacial score (nSPS) is 25.7. The second kappa shape index (κ2) is 4.87. The number of rotatable bonds is 1. The van der Waals surface area contributed by atoms with Crippen LogP contribution >= 0.6 is 0 Å². The highest BCUT2D eigenvalue weighted by molar-refractivity contribution is 5.69. The molecule has 1 N–H and O–H groups in total. The Morgan fingerprint density at radius 3 is 2.69 bits per heavy atom. The fraction of sp³-hybridized carbons (Fsp3) is 0.750. The van der Waals surface area contributed by atoms with Crippen LogP contribution in [0.2, 0.25) is 0 Å². The minimum Gasteiger partial charge on any atom is -0.444 e. The van der Waals surface area contributed by atoms with Crippen molar-refractivity contribution in [2.24, 2.45) is 5.92 Å². The van der Waals surface area contributed by atoms with Gasteiger partial charge in [-0.2, -0.15) is 0 Å². The number of carbonyl (C=O) groups excluding carboxylic acids is 1. The Morgan fingerprint density at radius 1 is 1.56 bits per heavy atom. The van der Waals surface area contributed by atoms with Gasteiger partial charge in [0.1, 0.15) is 5.60 Å². The summed E-state index contributed by atoms with van der Waals surface area (Å²) in [4.78, 5) is 13.5. The van der Waals surface area contributed by atoms with E-state index in [1.807, 2.05) is 39.8 Å². The molecule has 2 unspecified atom stereocenters. The van der Waals surface area contributed by atoms with Gasteiger partial charge in [-0.15, -0.1) is 0 Å². The van der Waals surface area contributed by atoms with Crippen LogP contribution < -0.4 is 0 Å². The van der Waals surface area contributed by atoms with Gasteiger partial charge in [-0.1, -0.05) is 19.1 Å². The molecule has 0 aromatic heterocycles. The maximum Gasteiger partial charge on any atom is 0.410 e. The van der Waals surface area contributed by atoms with Crippen LogP contribution in [0.3, 0.4) is 0 Å². The van der Waals surface area contributed by atoms with Crippen molar-refractivity contribution in [1.82, 2.24) is 4.90 Å². The van der Waals surface area contributed by atoms with E-state index in [4.69, 9.17) is 4.74 Å². The number of nitrogens with zero attached hydrogens (tertiary/aromatic N) is 1. The maximum absolute atomic E-state index is 11.9. The Hall–Kier alpha value is -1.03. The number of aliphatic hydroxyl groups is 1. The number of ether oxygens (including phenoxy) is 1. The third kappa shape index (κ3) is 3.23. The van der Waals surface area contributed by atoms with E-state index in [2.05, 4.69) is 0 Å². The summed E-state index contributed by atoms with van der Waals surface area (Å²) < 4.78 is 5.30. The topological polar surface area (TPSA) is 49.8 Å². The van der Waals surface area contributed by atoms with Crippen LogP contribution in [0.5, 0.6) is 0 Å². The van der Waals surface area contributed by atoms with Crippen molar-refractivity contribution in [3.8, 4) is 0 Å². The SMILES string of the molecule is CC1C=CCN(C(=O)OC(C)(C)C)C1CO. The second-order valence-electron chi connectivity index (χ2n) is 5.17. The molecule has 4 nitrogen and oxygen atoms in total. The highest BCUT2D eigenvalue weighted by atomic mass is 16.6. The van der Waals surface area contributed by atoms with Crippen molar-refractivity contribution >= 4 is 6.09 Å². The van der Waals surface area contributed by atoms with Gasteiger partial charge in [0.15, 0.2) is 0 Å². The number of hydrogen-bond donors (Lipinski definition) is 1. The average molecular weight is 227 g/mol. The maximum atomic E-state index is 11.9. The largest absolute Gasteiger partial charge is 0.444 e. The third-order valence-electron chi connectivity index (χ3n) is 2.56. The highest BCUT2D eigenvalue weighted by Crippen LogP contribution is 2.20. The molecule has 1 aliphatic heterocycles. The van der Waals surface area contributed by atoms with Gasteiger partial charge < -0.3 is 9.84 Å². The first-order valence-electron chi connectivity index (χ1n) is 5.62. The van der Waals surface area contributed by atoms with Gasteiger partial charge in [-0.3, -0.25) is 4.90 Å². The molecule has 1 rings (SSSR count). The van der Waals surface area contributed by atoms with Gasteiger partial charge >= 0.3 is 6.09 Å². The van der Waals surface area contributed by atoms with Gasteiger partial charge in [-0.25, -0.2) is 4.79 Å². The Kier molecular flexibility index (Phi) is 3.97. The summed E-state index contributed by atoms with van der Waals surface area (Å²) in [6.07, 6.45) is 3.59.